The SMILES string of the molecule is C/C=C1/C=C(c2ccc(C3=NC(C)ON3)cc2Cl)C(=O)N(CC)/C1=N/C(N)=C/CC. The highest BCUT2D eigenvalue weighted by Crippen LogP contribution is 2.32. The van der Waals surface area contributed by atoms with Crippen molar-refractivity contribution in [3.8, 4) is 0 Å². The first-order valence-corrected chi connectivity index (χ1v) is 10.3. The fourth-order valence-corrected chi connectivity index (χ4v) is 3.55. The lowest BCUT2D eigenvalue weighted by Gasteiger charge is -2.29. The molecule has 0 bridgehead atoms. The summed E-state index contributed by atoms with van der Waals surface area (Å²) in [5.74, 6) is 1.36. The number of hydrogen-bond donors (Lipinski definition) is 2. The molecule has 0 saturated carbocycles. The molecule has 0 aliphatic carbocycles. The molecule has 0 aromatic heterocycles. The second kappa shape index (κ2) is 9.28. The lowest BCUT2D eigenvalue weighted by atomic mass is 9.95. The summed E-state index contributed by atoms with van der Waals surface area (Å²) >= 11 is 6.57. The zero-order chi connectivity index (χ0) is 21.8. The van der Waals surface area contributed by atoms with Crippen molar-refractivity contribution in [1.82, 2.24) is 10.4 Å². The van der Waals surface area contributed by atoms with E-state index < -0.39 is 0 Å². The van der Waals surface area contributed by atoms with Crippen molar-refractivity contribution in [1.29, 1.82) is 0 Å². The highest BCUT2D eigenvalue weighted by atomic mass is 35.5. The molecule has 158 valence electrons. The molecule has 7 nitrogen and oxygen atoms in total. The van der Waals surface area contributed by atoms with E-state index in [2.05, 4.69) is 15.5 Å². The number of nitrogens with zero attached hydrogens (tertiary/aromatic N) is 3. The van der Waals surface area contributed by atoms with E-state index in [0.29, 0.717) is 40.2 Å². The van der Waals surface area contributed by atoms with Crippen molar-refractivity contribution in [3.05, 3.63) is 64.0 Å². The van der Waals surface area contributed by atoms with E-state index in [4.69, 9.17) is 22.2 Å². The van der Waals surface area contributed by atoms with E-state index in [1.54, 1.807) is 11.0 Å². The first-order chi connectivity index (χ1) is 14.4. The maximum absolute atomic E-state index is 13.3. The van der Waals surface area contributed by atoms with Gasteiger partial charge in [0.15, 0.2) is 12.1 Å². The molecule has 3 rings (SSSR count). The average molecular weight is 428 g/mol. The third kappa shape index (κ3) is 4.32. The van der Waals surface area contributed by atoms with Crippen LogP contribution in [0.4, 0.5) is 0 Å². The zero-order valence-corrected chi connectivity index (χ0v) is 18.3. The Kier molecular flexibility index (Phi) is 6.74. The number of nitrogens with one attached hydrogen (secondary N) is 1. The monoisotopic (exact) mass is 427 g/mol. The molecule has 1 atom stereocenters. The molecule has 3 N–H and O–H groups in total. The summed E-state index contributed by atoms with van der Waals surface area (Å²) in [4.78, 5) is 29.0. The smallest absolute Gasteiger partial charge is 0.260 e. The molecule has 1 aromatic carbocycles. The predicted molar refractivity (Wildman–Crippen MR) is 121 cm³/mol. The number of hydroxylamine groups is 1. The van der Waals surface area contributed by atoms with E-state index in [9.17, 15) is 4.79 Å². The van der Waals surface area contributed by atoms with Crippen molar-refractivity contribution >= 4 is 34.8 Å². The molecule has 2 heterocycles. The number of aliphatic imine (C=N–C) groups is 2. The summed E-state index contributed by atoms with van der Waals surface area (Å²) in [7, 11) is 0. The topological polar surface area (TPSA) is 92.3 Å². The fourth-order valence-electron chi connectivity index (χ4n) is 3.27. The number of likely N-dealkylation sites (N-methyl/N-ethyl adjacent to an activating group) is 1. The lowest BCUT2D eigenvalue weighted by Crippen LogP contribution is -2.41. The number of rotatable bonds is 5. The second-order valence-corrected chi connectivity index (χ2v) is 7.22. The average Bonchev–Trinajstić information content (AvgIpc) is 3.15. The molecule has 1 unspecified atom stereocenters. The number of benzene rings is 1. The quantitative estimate of drug-likeness (QED) is 0.748. The van der Waals surface area contributed by atoms with Gasteiger partial charge < -0.3 is 5.73 Å². The molecule has 1 aromatic rings. The predicted octanol–water partition coefficient (Wildman–Crippen LogP) is 3.77. The number of carbonyl (C=O) groups excluding carboxylic acids is 1. The first kappa shape index (κ1) is 21.8. The first-order valence-electron chi connectivity index (χ1n) is 9.93. The van der Waals surface area contributed by atoms with Crippen LogP contribution in [0.5, 0.6) is 0 Å². The number of hydrogen-bond acceptors (Lipinski definition) is 6. The Bertz CT molecular complexity index is 1010. The molecule has 30 heavy (non-hydrogen) atoms. The van der Waals surface area contributed by atoms with Crippen molar-refractivity contribution in [2.24, 2.45) is 15.7 Å². The molecule has 1 amide bonds. The van der Waals surface area contributed by atoms with Crippen LogP contribution in [0.15, 0.2) is 57.8 Å². The van der Waals surface area contributed by atoms with Crippen LogP contribution in [0.25, 0.3) is 5.57 Å². The van der Waals surface area contributed by atoms with Crippen molar-refractivity contribution in [2.75, 3.05) is 6.54 Å². The number of carbonyl (C=O) groups is 1. The Labute approximate surface area is 181 Å². The molecule has 2 aliphatic rings. The Morgan fingerprint density at radius 3 is 2.77 bits per heavy atom. The third-order valence-corrected chi connectivity index (χ3v) is 5.05. The van der Waals surface area contributed by atoms with Gasteiger partial charge in [-0.3, -0.25) is 9.69 Å². The highest BCUT2D eigenvalue weighted by Gasteiger charge is 2.31. The highest BCUT2D eigenvalue weighted by molar-refractivity contribution is 6.37. The van der Waals surface area contributed by atoms with Gasteiger partial charge in [-0.15, -0.1) is 0 Å². The van der Waals surface area contributed by atoms with Crippen LogP contribution in [-0.4, -0.2) is 35.3 Å². The number of halogens is 1. The van der Waals surface area contributed by atoms with Crippen LogP contribution >= 0.6 is 11.6 Å². The largest absolute Gasteiger partial charge is 0.384 e. The van der Waals surface area contributed by atoms with Crippen LogP contribution in [0.1, 0.15) is 45.2 Å². The van der Waals surface area contributed by atoms with Crippen LogP contribution in [0.3, 0.4) is 0 Å². The number of allylic oxidation sites excluding steroid dienone is 2. The third-order valence-electron chi connectivity index (χ3n) is 4.73. The summed E-state index contributed by atoms with van der Waals surface area (Å²) in [5.41, 5.74) is 11.5. The fraction of sp³-hybridized carbons (Fsp3) is 0.318. The van der Waals surface area contributed by atoms with Gasteiger partial charge in [-0.2, -0.15) is 0 Å². The van der Waals surface area contributed by atoms with Gasteiger partial charge in [-0.25, -0.2) is 20.3 Å². The van der Waals surface area contributed by atoms with E-state index in [-0.39, 0.29) is 12.1 Å². The summed E-state index contributed by atoms with van der Waals surface area (Å²) in [6, 6.07) is 5.46. The van der Waals surface area contributed by atoms with Crippen LogP contribution in [0.2, 0.25) is 5.02 Å². The van der Waals surface area contributed by atoms with Gasteiger partial charge in [0.1, 0.15) is 11.7 Å². The molecular formula is C22H26ClN5O2. The van der Waals surface area contributed by atoms with Gasteiger partial charge in [-0.1, -0.05) is 36.7 Å². The zero-order valence-electron chi connectivity index (χ0n) is 17.6. The molecule has 0 fully saturated rings. The summed E-state index contributed by atoms with van der Waals surface area (Å²) < 4.78 is 0. The normalized spacial score (nSPS) is 22.4. The van der Waals surface area contributed by atoms with Gasteiger partial charge in [0, 0.05) is 33.8 Å². The van der Waals surface area contributed by atoms with E-state index >= 15 is 0 Å². The van der Waals surface area contributed by atoms with Crippen LogP contribution in [-0.2, 0) is 9.63 Å². The maximum Gasteiger partial charge on any atom is 0.260 e. The van der Waals surface area contributed by atoms with Gasteiger partial charge >= 0.3 is 0 Å². The summed E-state index contributed by atoms with van der Waals surface area (Å²) in [6.45, 7) is 8.08. The molecular weight excluding hydrogens is 402 g/mol. The maximum atomic E-state index is 13.3. The minimum Gasteiger partial charge on any atom is -0.384 e. The van der Waals surface area contributed by atoms with E-state index in [0.717, 1.165) is 17.6 Å². The molecule has 8 heteroatoms. The minimum absolute atomic E-state index is 0.172. The summed E-state index contributed by atoms with van der Waals surface area (Å²) in [6.07, 6.45) is 6.04. The van der Waals surface area contributed by atoms with E-state index in [1.165, 1.54) is 0 Å². The Hall–Kier alpha value is -2.90. The van der Waals surface area contributed by atoms with Gasteiger partial charge in [0.05, 0.1) is 0 Å². The number of amidine groups is 2. The van der Waals surface area contributed by atoms with Crippen LogP contribution < -0.4 is 11.2 Å². The molecule has 0 saturated heterocycles. The molecule has 2 aliphatic heterocycles. The Morgan fingerprint density at radius 2 is 2.20 bits per heavy atom. The summed E-state index contributed by atoms with van der Waals surface area (Å²) in [5, 5.41) is 0.452. The van der Waals surface area contributed by atoms with Gasteiger partial charge in [0.2, 0.25) is 0 Å². The number of amides is 1. The second-order valence-electron chi connectivity index (χ2n) is 6.82. The van der Waals surface area contributed by atoms with Gasteiger partial charge in [0.25, 0.3) is 5.91 Å². The van der Waals surface area contributed by atoms with Gasteiger partial charge in [-0.05, 0) is 45.4 Å². The van der Waals surface area contributed by atoms with Crippen molar-refractivity contribution in [3.63, 3.8) is 0 Å². The van der Waals surface area contributed by atoms with Crippen LogP contribution in [0, 0.1) is 0 Å². The standard InChI is InChI=1S/C22H26ClN5O2/c1-5-8-19(24)26-21-14(6-2)11-17(22(29)28(21)7-3)16-10-9-15(12-18(16)23)20-25-13(4)30-27-20/h6,8-13H,5,7,24H2,1-4H3,(H,25,27)/b14-6-,19-8+,26-21+. The Morgan fingerprint density at radius 1 is 1.43 bits per heavy atom. The lowest BCUT2D eigenvalue weighted by molar-refractivity contribution is -0.121. The number of nitrogens with two attached hydrogens (primary N) is 1. The van der Waals surface area contributed by atoms with Crippen molar-refractivity contribution in [2.45, 2.75) is 40.3 Å². The minimum atomic E-state index is -0.261. The van der Waals surface area contributed by atoms with E-state index in [1.807, 2.05) is 58.1 Å². The Balaban J connectivity index is 2.04. The van der Waals surface area contributed by atoms with Crippen molar-refractivity contribution < 1.29 is 9.63 Å². The molecule has 0 radical (unpaired) electrons. The molecule has 0 spiro atoms.